The average molecular weight is 279 g/mol. The highest BCUT2D eigenvalue weighted by Crippen LogP contribution is 2.29. The van der Waals surface area contributed by atoms with Crippen LogP contribution in [0.15, 0.2) is 0 Å². The molecule has 1 saturated carbocycles. The molecule has 1 fully saturated rings. The maximum Gasteiger partial charge on any atom is 0.239 e. The van der Waals surface area contributed by atoms with Crippen molar-refractivity contribution in [3.05, 3.63) is 0 Å². The zero-order valence-electron chi connectivity index (χ0n) is 11.5. The van der Waals surface area contributed by atoms with E-state index < -0.39 is 6.04 Å². The third-order valence-corrected chi connectivity index (χ3v) is 3.79. The van der Waals surface area contributed by atoms with Crippen molar-refractivity contribution in [3.8, 4) is 0 Å². The Morgan fingerprint density at radius 2 is 1.89 bits per heavy atom. The van der Waals surface area contributed by atoms with Crippen molar-refractivity contribution < 1.29 is 9.53 Å². The summed E-state index contributed by atoms with van der Waals surface area (Å²) in [5.41, 5.74) is 5.65. The lowest BCUT2D eigenvalue weighted by Crippen LogP contribution is -2.45. The Balaban J connectivity index is 0.00000289. The molecule has 1 unspecified atom stereocenters. The molecule has 0 aliphatic heterocycles. The summed E-state index contributed by atoms with van der Waals surface area (Å²) >= 11 is 0. The lowest BCUT2D eigenvalue weighted by molar-refractivity contribution is -0.123. The number of methoxy groups -OCH3 is 1. The van der Waals surface area contributed by atoms with E-state index in [2.05, 4.69) is 12.2 Å². The van der Waals surface area contributed by atoms with Gasteiger partial charge in [-0.05, 0) is 24.7 Å². The number of carbonyl (C=O) groups excluding carboxylic acids is 1. The van der Waals surface area contributed by atoms with Crippen molar-refractivity contribution in [1.82, 2.24) is 5.32 Å². The van der Waals surface area contributed by atoms with E-state index in [1.165, 1.54) is 32.1 Å². The number of hydrogen-bond donors (Lipinski definition) is 2. The van der Waals surface area contributed by atoms with Gasteiger partial charge in [0.25, 0.3) is 0 Å². The van der Waals surface area contributed by atoms with Crippen LogP contribution in [0.3, 0.4) is 0 Å². The predicted octanol–water partition coefficient (Wildman–Crippen LogP) is 1.71. The Bertz CT molecular complexity index is 231. The van der Waals surface area contributed by atoms with E-state index in [9.17, 15) is 4.79 Å². The summed E-state index contributed by atoms with van der Waals surface area (Å²) in [6.45, 7) is 3.32. The maximum atomic E-state index is 11.6. The Morgan fingerprint density at radius 3 is 2.39 bits per heavy atom. The summed E-state index contributed by atoms with van der Waals surface area (Å²) in [6, 6.07) is -0.535. The van der Waals surface area contributed by atoms with Crippen molar-refractivity contribution in [3.63, 3.8) is 0 Å². The quantitative estimate of drug-likeness (QED) is 0.777. The molecule has 0 radical (unpaired) electrons. The van der Waals surface area contributed by atoms with Gasteiger partial charge in [-0.2, -0.15) is 0 Å². The Labute approximate surface area is 116 Å². The number of hydrogen-bond acceptors (Lipinski definition) is 3. The highest BCUT2D eigenvalue weighted by molar-refractivity contribution is 5.85. The molecule has 1 aliphatic carbocycles. The molecule has 0 saturated heterocycles. The van der Waals surface area contributed by atoms with Crippen LogP contribution in [0.1, 0.15) is 39.0 Å². The van der Waals surface area contributed by atoms with E-state index in [1.807, 2.05) is 0 Å². The first-order valence-corrected chi connectivity index (χ1v) is 6.69. The standard InChI is InChI=1S/C13H26N2O2.ClH/c1-3-10-4-6-11(7-5-10)8-15-13(16)12(14)9-17-2;/h10-12H,3-9,14H2,1-2H3,(H,15,16);1H. The van der Waals surface area contributed by atoms with Crippen molar-refractivity contribution >= 4 is 18.3 Å². The first-order valence-electron chi connectivity index (χ1n) is 6.69. The SMILES string of the molecule is CCC1CCC(CNC(=O)C(N)COC)CC1.Cl. The van der Waals surface area contributed by atoms with Gasteiger partial charge in [0, 0.05) is 13.7 Å². The summed E-state index contributed by atoms with van der Waals surface area (Å²) in [7, 11) is 1.55. The van der Waals surface area contributed by atoms with Gasteiger partial charge in [0.2, 0.25) is 5.91 Å². The Morgan fingerprint density at radius 1 is 1.33 bits per heavy atom. The van der Waals surface area contributed by atoms with E-state index in [0.29, 0.717) is 5.92 Å². The van der Waals surface area contributed by atoms with Crippen LogP contribution in [0.25, 0.3) is 0 Å². The topological polar surface area (TPSA) is 64.4 Å². The summed E-state index contributed by atoms with van der Waals surface area (Å²) in [5, 5.41) is 2.93. The second-order valence-electron chi connectivity index (χ2n) is 5.10. The Kier molecular flexibility index (Phi) is 9.42. The van der Waals surface area contributed by atoms with Crippen molar-refractivity contribution in [2.24, 2.45) is 17.6 Å². The molecule has 0 aromatic heterocycles. The van der Waals surface area contributed by atoms with E-state index in [4.69, 9.17) is 10.5 Å². The monoisotopic (exact) mass is 278 g/mol. The molecular formula is C13H27ClN2O2. The first kappa shape index (κ1) is 17.7. The third-order valence-electron chi connectivity index (χ3n) is 3.79. The highest BCUT2D eigenvalue weighted by atomic mass is 35.5. The van der Waals surface area contributed by atoms with Crippen LogP contribution in [-0.4, -0.2) is 32.2 Å². The van der Waals surface area contributed by atoms with Crippen LogP contribution in [0, 0.1) is 11.8 Å². The smallest absolute Gasteiger partial charge is 0.239 e. The van der Waals surface area contributed by atoms with Gasteiger partial charge in [-0.1, -0.05) is 26.2 Å². The lowest BCUT2D eigenvalue weighted by atomic mass is 9.81. The fourth-order valence-corrected chi connectivity index (χ4v) is 2.48. The number of halogens is 1. The molecule has 0 spiro atoms. The van der Waals surface area contributed by atoms with Gasteiger partial charge >= 0.3 is 0 Å². The lowest BCUT2D eigenvalue weighted by Gasteiger charge is -2.28. The van der Waals surface area contributed by atoms with E-state index in [-0.39, 0.29) is 24.9 Å². The molecule has 0 aromatic carbocycles. The van der Waals surface area contributed by atoms with E-state index in [0.717, 1.165) is 12.5 Å². The molecule has 1 rings (SSSR count). The van der Waals surface area contributed by atoms with Gasteiger partial charge in [-0.3, -0.25) is 4.79 Å². The number of ether oxygens (including phenoxy) is 1. The van der Waals surface area contributed by atoms with Crippen molar-refractivity contribution in [1.29, 1.82) is 0 Å². The van der Waals surface area contributed by atoms with Crippen LogP contribution >= 0.6 is 12.4 Å². The van der Waals surface area contributed by atoms with Crippen LogP contribution in [-0.2, 0) is 9.53 Å². The Hall–Kier alpha value is -0.320. The molecule has 1 aliphatic rings. The van der Waals surface area contributed by atoms with Gasteiger partial charge in [0.15, 0.2) is 0 Å². The average Bonchev–Trinajstić information content (AvgIpc) is 2.36. The minimum Gasteiger partial charge on any atom is -0.383 e. The molecule has 1 amide bonds. The largest absolute Gasteiger partial charge is 0.383 e. The van der Waals surface area contributed by atoms with Gasteiger partial charge in [-0.15, -0.1) is 12.4 Å². The number of nitrogens with one attached hydrogen (secondary N) is 1. The molecule has 18 heavy (non-hydrogen) atoms. The van der Waals surface area contributed by atoms with Crippen LogP contribution < -0.4 is 11.1 Å². The second-order valence-corrected chi connectivity index (χ2v) is 5.10. The molecule has 108 valence electrons. The predicted molar refractivity (Wildman–Crippen MR) is 75.8 cm³/mol. The molecule has 5 heteroatoms. The first-order chi connectivity index (χ1) is 8.17. The summed E-state index contributed by atoms with van der Waals surface area (Å²) in [6.07, 6.45) is 6.37. The minimum absolute atomic E-state index is 0. The van der Waals surface area contributed by atoms with E-state index in [1.54, 1.807) is 7.11 Å². The van der Waals surface area contributed by atoms with Crippen LogP contribution in [0.4, 0.5) is 0 Å². The maximum absolute atomic E-state index is 11.6. The van der Waals surface area contributed by atoms with Gasteiger partial charge in [-0.25, -0.2) is 0 Å². The summed E-state index contributed by atoms with van der Waals surface area (Å²) in [5.74, 6) is 1.44. The molecule has 0 aromatic rings. The number of carbonyl (C=O) groups is 1. The normalized spacial score (nSPS) is 25.1. The molecule has 0 heterocycles. The highest BCUT2D eigenvalue weighted by Gasteiger charge is 2.21. The van der Waals surface area contributed by atoms with Gasteiger partial charge in [0.1, 0.15) is 6.04 Å². The third kappa shape index (κ3) is 6.03. The molecular weight excluding hydrogens is 252 g/mol. The fourth-order valence-electron chi connectivity index (χ4n) is 2.48. The van der Waals surface area contributed by atoms with Gasteiger partial charge in [0.05, 0.1) is 6.61 Å². The second kappa shape index (κ2) is 9.59. The van der Waals surface area contributed by atoms with Crippen LogP contribution in [0.2, 0.25) is 0 Å². The van der Waals surface area contributed by atoms with E-state index >= 15 is 0 Å². The van der Waals surface area contributed by atoms with Crippen LogP contribution in [0.5, 0.6) is 0 Å². The summed E-state index contributed by atoms with van der Waals surface area (Å²) in [4.78, 5) is 11.6. The molecule has 3 N–H and O–H groups in total. The molecule has 0 bridgehead atoms. The minimum atomic E-state index is -0.535. The van der Waals surface area contributed by atoms with Crippen molar-refractivity contribution in [2.45, 2.75) is 45.1 Å². The number of nitrogens with two attached hydrogens (primary N) is 1. The van der Waals surface area contributed by atoms with Gasteiger partial charge < -0.3 is 15.8 Å². The summed E-state index contributed by atoms with van der Waals surface area (Å²) < 4.78 is 4.86. The molecule has 1 atom stereocenters. The molecule has 4 nitrogen and oxygen atoms in total. The number of amides is 1. The zero-order valence-corrected chi connectivity index (χ0v) is 12.3. The zero-order chi connectivity index (χ0) is 12.7. The number of rotatable bonds is 6. The fraction of sp³-hybridized carbons (Fsp3) is 0.923. The van der Waals surface area contributed by atoms with Crippen molar-refractivity contribution in [2.75, 3.05) is 20.3 Å².